The summed E-state index contributed by atoms with van der Waals surface area (Å²) in [5.41, 5.74) is 0.924. The zero-order chi connectivity index (χ0) is 17.1. The van der Waals surface area contributed by atoms with Crippen LogP contribution in [0.3, 0.4) is 0 Å². The van der Waals surface area contributed by atoms with E-state index >= 15 is 0 Å². The number of nitrogens with zero attached hydrogens (tertiary/aromatic N) is 3. The highest BCUT2D eigenvalue weighted by Crippen LogP contribution is 2.29. The number of hydrogen-bond acceptors (Lipinski definition) is 6. The third-order valence-electron chi connectivity index (χ3n) is 4.69. The van der Waals surface area contributed by atoms with Crippen LogP contribution < -0.4 is 0 Å². The molecule has 0 amide bonds. The lowest BCUT2D eigenvalue weighted by atomic mass is 10.1. The molecule has 0 spiro atoms. The van der Waals surface area contributed by atoms with Gasteiger partial charge in [-0.15, -0.1) is 10.2 Å². The molecule has 1 aliphatic rings. The van der Waals surface area contributed by atoms with Gasteiger partial charge in [0, 0.05) is 11.6 Å². The number of likely N-dealkylation sites (tertiary alicyclic amines) is 1. The van der Waals surface area contributed by atoms with Gasteiger partial charge in [0.1, 0.15) is 11.9 Å². The lowest BCUT2D eigenvalue weighted by Gasteiger charge is -2.24. The van der Waals surface area contributed by atoms with Crippen molar-refractivity contribution in [3.63, 3.8) is 0 Å². The molecule has 1 aromatic carbocycles. The summed E-state index contributed by atoms with van der Waals surface area (Å²) >= 11 is 0. The summed E-state index contributed by atoms with van der Waals surface area (Å²) in [5.74, 6) is 1.77. The summed E-state index contributed by atoms with van der Waals surface area (Å²) < 4.78 is 11.1. The van der Waals surface area contributed by atoms with Crippen LogP contribution in [0.1, 0.15) is 37.0 Å². The fourth-order valence-corrected chi connectivity index (χ4v) is 3.41. The Balaban J connectivity index is 1.41. The van der Waals surface area contributed by atoms with Crippen molar-refractivity contribution in [1.82, 2.24) is 15.1 Å². The van der Waals surface area contributed by atoms with E-state index in [1.54, 1.807) is 12.3 Å². The van der Waals surface area contributed by atoms with Crippen LogP contribution in [0.15, 0.2) is 57.6 Å². The first-order valence-electron chi connectivity index (χ1n) is 8.63. The van der Waals surface area contributed by atoms with Crippen molar-refractivity contribution in [2.24, 2.45) is 0 Å². The molecule has 0 bridgehead atoms. The monoisotopic (exact) mass is 339 g/mol. The summed E-state index contributed by atoms with van der Waals surface area (Å²) in [6.45, 7) is 1.58. The Morgan fingerprint density at radius 3 is 2.84 bits per heavy atom. The molecule has 3 heterocycles. The van der Waals surface area contributed by atoms with Gasteiger partial charge in [-0.3, -0.25) is 4.90 Å². The van der Waals surface area contributed by atoms with Gasteiger partial charge in [0.25, 0.3) is 0 Å². The first kappa shape index (κ1) is 16.1. The molecule has 0 saturated carbocycles. The molecule has 130 valence electrons. The van der Waals surface area contributed by atoms with Crippen LogP contribution >= 0.6 is 0 Å². The standard InChI is InChI=1S/C19H21N3O3/c23-16(17-9-5-11-24-17)12-15-8-4-10-22(15)13-18-20-21-19(25-18)14-6-2-1-3-7-14/h1-3,5-7,9,11,15-16,23H,4,8,10,12-13H2. The van der Waals surface area contributed by atoms with Crippen LogP contribution in [0.5, 0.6) is 0 Å². The number of aliphatic hydroxyl groups excluding tert-OH is 1. The SMILES string of the molecule is OC(CC1CCCN1Cc1nnc(-c2ccccc2)o1)c1ccco1. The van der Waals surface area contributed by atoms with Gasteiger partial charge in [-0.25, -0.2) is 0 Å². The molecule has 2 aromatic heterocycles. The maximum atomic E-state index is 10.3. The molecule has 6 heteroatoms. The van der Waals surface area contributed by atoms with Gasteiger partial charge >= 0.3 is 0 Å². The molecule has 1 fully saturated rings. The van der Waals surface area contributed by atoms with Gasteiger partial charge in [-0.1, -0.05) is 18.2 Å². The molecule has 1 N–H and O–H groups in total. The Morgan fingerprint density at radius 1 is 1.16 bits per heavy atom. The highest BCUT2D eigenvalue weighted by molar-refractivity contribution is 5.51. The third-order valence-corrected chi connectivity index (χ3v) is 4.69. The summed E-state index contributed by atoms with van der Waals surface area (Å²) in [6.07, 6.45) is 3.82. The van der Waals surface area contributed by atoms with Crippen LogP contribution in [0, 0.1) is 0 Å². The van der Waals surface area contributed by atoms with Gasteiger partial charge in [0.2, 0.25) is 11.8 Å². The summed E-state index contributed by atoms with van der Waals surface area (Å²) in [4.78, 5) is 2.30. The van der Waals surface area contributed by atoms with E-state index < -0.39 is 6.10 Å². The molecule has 0 aliphatic carbocycles. The third kappa shape index (κ3) is 3.65. The van der Waals surface area contributed by atoms with Crippen molar-refractivity contribution in [3.05, 3.63) is 60.4 Å². The number of rotatable bonds is 6. The van der Waals surface area contributed by atoms with E-state index in [9.17, 15) is 5.11 Å². The fourth-order valence-electron chi connectivity index (χ4n) is 3.41. The average Bonchev–Trinajstić information content (AvgIpc) is 3.38. The first-order valence-corrected chi connectivity index (χ1v) is 8.63. The quantitative estimate of drug-likeness (QED) is 0.742. The minimum absolute atomic E-state index is 0.284. The Labute approximate surface area is 146 Å². The van der Waals surface area contributed by atoms with E-state index in [2.05, 4.69) is 15.1 Å². The Hall–Kier alpha value is -2.44. The lowest BCUT2D eigenvalue weighted by Crippen LogP contribution is -2.30. The van der Waals surface area contributed by atoms with Crippen molar-refractivity contribution in [2.75, 3.05) is 6.54 Å². The first-order chi connectivity index (χ1) is 12.3. The fraction of sp³-hybridized carbons (Fsp3) is 0.368. The Kier molecular flexibility index (Phi) is 4.63. The van der Waals surface area contributed by atoms with Gasteiger partial charge < -0.3 is 13.9 Å². The Bertz CT molecular complexity index is 785. The Morgan fingerprint density at radius 2 is 2.04 bits per heavy atom. The minimum Gasteiger partial charge on any atom is -0.467 e. The van der Waals surface area contributed by atoms with Crippen LogP contribution in [0.25, 0.3) is 11.5 Å². The molecule has 4 rings (SSSR count). The highest BCUT2D eigenvalue weighted by atomic mass is 16.4. The number of benzene rings is 1. The van der Waals surface area contributed by atoms with E-state index in [1.165, 1.54) is 0 Å². The smallest absolute Gasteiger partial charge is 0.247 e. The summed E-state index contributed by atoms with van der Waals surface area (Å²) in [7, 11) is 0. The largest absolute Gasteiger partial charge is 0.467 e. The molecule has 1 saturated heterocycles. The minimum atomic E-state index is -0.580. The molecule has 2 atom stereocenters. The van der Waals surface area contributed by atoms with Crippen LogP contribution in [0.4, 0.5) is 0 Å². The molecule has 25 heavy (non-hydrogen) atoms. The molecular formula is C19H21N3O3. The highest BCUT2D eigenvalue weighted by Gasteiger charge is 2.29. The van der Waals surface area contributed by atoms with E-state index in [-0.39, 0.29) is 6.04 Å². The molecule has 0 radical (unpaired) electrons. The predicted octanol–water partition coefficient (Wildman–Crippen LogP) is 3.42. The molecule has 2 unspecified atom stereocenters. The van der Waals surface area contributed by atoms with Crippen LogP contribution in [0.2, 0.25) is 0 Å². The normalized spacial score (nSPS) is 19.3. The molecule has 6 nitrogen and oxygen atoms in total. The summed E-state index contributed by atoms with van der Waals surface area (Å²) in [5, 5.41) is 18.7. The second-order valence-corrected chi connectivity index (χ2v) is 6.40. The summed E-state index contributed by atoms with van der Waals surface area (Å²) in [6, 6.07) is 13.7. The molecule has 1 aliphatic heterocycles. The van der Waals surface area contributed by atoms with E-state index in [0.717, 1.165) is 24.9 Å². The van der Waals surface area contributed by atoms with Crippen LogP contribution in [-0.2, 0) is 6.54 Å². The topological polar surface area (TPSA) is 75.5 Å². The second kappa shape index (κ2) is 7.21. The number of furan rings is 1. The van der Waals surface area contributed by atoms with Crippen molar-refractivity contribution >= 4 is 0 Å². The molecular weight excluding hydrogens is 318 g/mol. The number of aliphatic hydroxyl groups is 1. The number of hydrogen-bond donors (Lipinski definition) is 1. The van der Waals surface area contributed by atoms with Crippen molar-refractivity contribution in [3.8, 4) is 11.5 Å². The van der Waals surface area contributed by atoms with E-state index in [4.69, 9.17) is 8.83 Å². The maximum absolute atomic E-state index is 10.3. The van der Waals surface area contributed by atoms with Gasteiger partial charge in [0.15, 0.2) is 0 Å². The van der Waals surface area contributed by atoms with Gasteiger partial charge in [-0.2, -0.15) is 0 Å². The van der Waals surface area contributed by atoms with E-state index in [0.29, 0.717) is 30.5 Å². The number of aromatic nitrogens is 2. The van der Waals surface area contributed by atoms with Crippen molar-refractivity contribution < 1.29 is 13.9 Å². The zero-order valence-electron chi connectivity index (χ0n) is 13.9. The van der Waals surface area contributed by atoms with Gasteiger partial charge in [-0.05, 0) is 50.1 Å². The van der Waals surface area contributed by atoms with Crippen molar-refractivity contribution in [1.29, 1.82) is 0 Å². The average molecular weight is 339 g/mol. The second-order valence-electron chi connectivity index (χ2n) is 6.40. The van der Waals surface area contributed by atoms with Crippen LogP contribution in [-0.4, -0.2) is 32.8 Å². The van der Waals surface area contributed by atoms with Gasteiger partial charge in [0.05, 0.1) is 12.8 Å². The molecule has 3 aromatic rings. The lowest BCUT2D eigenvalue weighted by molar-refractivity contribution is 0.0965. The maximum Gasteiger partial charge on any atom is 0.247 e. The zero-order valence-corrected chi connectivity index (χ0v) is 13.9. The predicted molar refractivity (Wildman–Crippen MR) is 91.5 cm³/mol. The van der Waals surface area contributed by atoms with Crippen molar-refractivity contribution in [2.45, 2.75) is 38.0 Å². The van der Waals surface area contributed by atoms with E-state index in [1.807, 2.05) is 36.4 Å².